The van der Waals surface area contributed by atoms with Crippen LogP contribution < -0.4 is 5.32 Å². The van der Waals surface area contributed by atoms with E-state index in [1.807, 2.05) is 20.8 Å². The van der Waals surface area contributed by atoms with Crippen molar-refractivity contribution >= 4 is 6.09 Å². The Balaban J connectivity index is 1.66. The molecule has 2 aliphatic rings. The highest BCUT2D eigenvalue weighted by Crippen LogP contribution is 2.42. The Morgan fingerprint density at radius 3 is 2.27 bits per heavy atom. The second-order valence-electron chi connectivity index (χ2n) is 9.24. The largest absolute Gasteiger partial charge is 0.444 e. The van der Waals surface area contributed by atoms with Gasteiger partial charge in [0.25, 0.3) is 0 Å². The molecule has 1 amide bonds. The summed E-state index contributed by atoms with van der Waals surface area (Å²) in [6.07, 6.45) is 5.55. The minimum atomic E-state index is -0.460. The second-order valence-corrected chi connectivity index (χ2v) is 9.24. The van der Waals surface area contributed by atoms with Crippen LogP contribution >= 0.6 is 0 Å². The molecule has 0 bridgehead atoms. The molecule has 0 saturated heterocycles. The molecule has 4 nitrogen and oxygen atoms in total. The summed E-state index contributed by atoms with van der Waals surface area (Å²) in [6, 6.07) is 9.68. The van der Waals surface area contributed by atoms with Gasteiger partial charge in [0, 0.05) is 12.1 Å². The molecule has 2 saturated carbocycles. The van der Waals surface area contributed by atoms with Gasteiger partial charge >= 0.3 is 6.09 Å². The third-order valence-electron chi connectivity index (χ3n) is 5.61. The molecule has 3 atom stereocenters. The first-order valence-corrected chi connectivity index (χ1v) is 9.99. The van der Waals surface area contributed by atoms with Crippen LogP contribution in [0.1, 0.15) is 75.8 Å². The van der Waals surface area contributed by atoms with Gasteiger partial charge in [-0.1, -0.05) is 24.3 Å². The summed E-state index contributed by atoms with van der Waals surface area (Å²) in [5.41, 5.74) is 2.52. The predicted octanol–water partition coefficient (Wildman–Crippen LogP) is 4.66. The van der Waals surface area contributed by atoms with E-state index in [4.69, 9.17) is 4.74 Å². The lowest BCUT2D eigenvalue weighted by Gasteiger charge is -2.40. The SMILES string of the molecule is CN(C)[C@H]1C[C@@H](c2cccc(C3CC3)c2)CC[C@@H]1NC(=O)OC(C)(C)C. The number of hydrogen-bond donors (Lipinski definition) is 1. The molecule has 4 heteroatoms. The number of carbonyl (C=O) groups is 1. The van der Waals surface area contributed by atoms with Gasteiger partial charge in [0.1, 0.15) is 5.60 Å². The molecule has 1 aromatic carbocycles. The lowest BCUT2D eigenvalue weighted by atomic mass is 9.78. The van der Waals surface area contributed by atoms with E-state index < -0.39 is 5.60 Å². The number of likely N-dealkylation sites (N-methyl/N-ethyl adjacent to an activating group) is 1. The van der Waals surface area contributed by atoms with Crippen LogP contribution in [0.5, 0.6) is 0 Å². The molecule has 2 aliphatic carbocycles. The van der Waals surface area contributed by atoms with Crippen LogP contribution in [-0.2, 0) is 4.74 Å². The Hall–Kier alpha value is -1.55. The molecule has 0 aliphatic heterocycles. The second kappa shape index (κ2) is 7.59. The average molecular weight is 359 g/mol. The lowest BCUT2D eigenvalue weighted by molar-refractivity contribution is 0.0445. The molecule has 1 aromatic rings. The molecule has 1 N–H and O–H groups in total. The van der Waals surface area contributed by atoms with Gasteiger partial charge in [-0.05, 0) is 89.9 Å². The summed E-state index contributed by atoms with van der Waals surface area (Å²) in [6.45, 7) is 5.71. The first-order chi connectivity index (χ1) is 12.2. The number of nitrogens with one attached hydrogen (secondary N) is 1. The molecule has 0 unspecified atom stereocenters. The minimum Gasteiger partial charge on any atom is -0.444 e. The Morgan fingerprint density at radius 2 is 1.69 bits per heavy atom. The molecule has 0 radical (unpaired) electrons. The fourth-order valence-corrected chi connectivity index (χ4v) is 4.13. The van der Waals surface area contributed by atoms with Gasteiger partial charge < -0.3 is 15.0 Å². The van der Waals surface area contributed by atoms with E-state index in [0.29, 0.717) is 12.0 Å². The fraction of sp³-hybridized carbons (Fsp3) is 0.682. The quantitative estimate of drug-likeness (QED) is 0.851. The molecule has 0 spiro atoms. The maximum Gasteiger partial charge on any atom is 0.407 e. The number of benzene rings is 1. The van der Waals surface area contributed by atoms with E-state index in [-0.39, 0.29) is 12.1 Å². The highest BCUT2D eigenvalue weighted by atomic mass is 16.6. The van der Waals surface area contributed by atoms with Crippen molar-refractivity contribution in [3.05, 3.63) is 35.4 Å². The Labute approximate surface area is 158 Å². The highest BCUT2D eigenvalue weighted by Gasteiger charge is 2.35. The summed E-state index contributed by atoms with van der Waals surface area (Å²) in [7, 11) is 4.22. The van der Waals surface area contributed by atoms with Crippen molar-refractivity contribution in [1.82, 2.24) is 10.2 Å². The highest BCUT2D eigenvalue weighted by molar-refractivity contribution is 5.68. The number of alkyl carbamates (subject to hydrolysis) is 1. The summed E-state index contributed by atoms with van der Waals surface area (Å²) in [4.78, 5) is 14.5. The van der Waals surface area contributed by atoms with E-state index in [1.54, 1.807) is 0 Å². The van der Waals surface area contributed by atoms with Crippen molar-refractivity contribution in [2.45, 2.75) is 82.4 Å². The zero-order valence-corrected chi connectivity index (χ0v) is 16.9. The minimum absolute atomic E-state index is 0.141. The Bertz CT molecular complexity index is 631. The van der Waals surface area contributed by atoms with Gasteiger partial charge in [0.2, 0.25) is 0 Å². The number of carbonyl (C=O) groups excluding carboxylic acids is 1. The smallest absolute Gasteiger partial charge is 0.407 e. The predicted molar refractivity (Wildman–Crippen MR) is 106 cm³/mol. The molecular weight excluding hydrogens is 324 g/mol. The maximum atomic E-state index is 12.2. The van der Waals surface area contributed by atoms with Crippen LogP contribution in [0.15, 0.2) is 24.3 Å². The number of rotatable bonds is 4. The van der Waals surface area contributed by atoms with E-state index in [0.717, 1.165) is 25.2 Å². The van der Waals surface area contributed by atoms with Crippen molar-refractivity contribution in [3.8, 4) is 0 Å². The summed E-state index contributed by atoms with van der Waals surface area (Å²) < 4.78 is 5.46. The van der Waals surface area contributed by atoms with Crippen LogP contribution in [0, 0.1) is 0 Å². The number of ether oxygens (including phenoxy) is 1. The maximum absolute atomic E-state index is 12.2. The van der Waals surface area contributed by atoms with E-state index in [9.17, 15) is 4.79 Å². The molecule has 144 valence electrons. The van der Waals surface area contributed by atoms with Crippen molar-refractivity contribution < 1.29 is 9.53 Å². The Kier molecular flexibility index (Phi) is 5.61. The zero-order chi connectivity index (χ0) is 18.9. The first kappa shape index (κ1) is 19.2. The van der Waals surface area contributed by atoms with Crippen molar-refractivity contribution in [2.24, 2.45) is 0 Å². The van der Waals surface area contributed by atoms with E-state index in [2.05, 4.69) is 48.6 Å². The van der Waals surface area contributed by atoms with Crippen molar-refractivity contribution in [1.29, 1.82) is 0 Å². The lowest BCUT2D eigenvalue weighted by Crippen LogP contribution is -2.53. The molecule has 26 heavy (non-hydrogen) atoms. The van der Waals surface area contributed by atoms with E-state index >= 15 is 0 Å². The summed E-state index contributed by atoms with van der Waals surface area (Å²) >= 11 is 0. The third-order valence-corrected chi connectivity index (χ3v) is 5.61. The van der Waals surface area contributed by atoms with Crippen LogP contribution in [0.3, 0.4) is 0 Å². The number of hydrogen-bond acceptors (Lipinski definition) is 3. The monoisotopic (exact) mass is 358 g/mol. The molecule has 0 aromatic heterocycles. The van der Waals surface area contributed by atoms with Crippen LogP contribution in [-0.4, -0.2) is 42.8 Å². The van der Waals surface area contributed by atoms with Crippen molar-refractivity contribution in [3.63, 3.8) is 0 Å². The molecule has 3 rings (SSSR count). The Morgan fingerprint density at radius 1 is 1.08 bits per heavy atom. The zero-order valence-electron chi connectivity index (χ0n) is 16.9. The van der Waals surface area contributed by atoms with Crippen LogP contribution in [0.25, 0.3) is 0 Å². The summed E-state index contributed by atoms with van der Waals surface area (Å²) in [5.74, 6) is 1.36. The van der Waals surface area contributed by atoms with E-state index in [1.165, 1.54) is 24.0 Å². The van der Waals surface area contributed by atoms with Gasteiger partial charge in [-0.3, -0.25) is 0 Å². The van der Waals surface area contributed by atoms with Crippen LogP contribution in [0.2, 0.25) is 0 Å². The first-order valence-electron chi connectivity index (χ1n) is 9.99. The molecule has 0 heterocycles. The van der Waals surface area contributed by atoms with Gasteiger partial charge in [-0.25, -0.2) is 4.79 Å². The fourth-order valence-electron chi connectivity index (χ4n) is 4.13. The number of amides is 1. The molecule has 2 fully saturated rings. The van der Waals surface area contributed by atoms with Crippen LogP contribution in [0.4, 0.5) is 4.79 Å². The standard InChI is InChI=1S/C22H34N2O2/c1-22(2,3)26-21(25)23-19-12-11-18(14-20(19)24(4)5)17-8-6-7-16(13-17)15-9-10-15/h6-8,13,15,18-20H,9-12,14H2,1-5H3,(H,23,25)/t18-,19-,20-/m0/s1. The average Bonchev–Trinajstić information content (AvgIpc) is 3.38. The van der Waals surface area contributed by atoms with Gasteiger partial charge in [-0.2, -0.15) is 0 Å². The van der Waals surface area contributed by atoms with Gasteiger partial charge in [0.05, 0.1) is 0 Å². The van der Waals surface area contributed by atoms with Gasteiger partial charge in [-0.15, -0.1) is 0 Å². The molecular formula is C22H34N2O2. The van der Waals surface area contributed by atoms with Gasteiger partial charge in [0.15, 0.2) is 0 Å². The summed E-state index contributed by atoms with van der Waals surface area (Å²) in [5, 5.41) is 3.12. The van der Waals surface area contributed by atoms with Crippen molar-refractivity contribution in [2.75, 3.05) is 14.1 Å². The normalized spacial score (nSPS) is 26.6. The third kappa shape index (κ3) is 5.00. The number of nitrogens with zero attached hydrogens (tertiary/aromatic N) is 1. The topological polar surface area (TPSA) is 41.6 Å².